The van der Waals surface area contributed by atoms with E-state index in [4.69, 9.17) is 9.47 Å². The van der Waals surface area contributed by atoms with Crippen LogP contribution in [0.15, 0.2) is 72.8 Å². The SMILES string of the molecule is CC(C)(O)C(=O)c1ccc(COC(=O)c2ccccc2C(=O)OCc2ccc(C(=O)C(C)(C)O)cc2)cc1. The Kier molecular flexibility index (Phi) is 8.60. The standard InChI is InChI=1S/C30H30O8/c1-29(2,35)25(31)21-13-9-19(10-14-21)17-37-27(33)23-7-5-6-8-24(23)28(34)38-18-20-11-15-22(16-12-20)26(32)30(3,4)36/h5-16,35-36H,17-18H2,1-4H3. The first-order chi connectivity index (χ1) is 17.8. The third-order valence-corrected chi connectivity index (χ3v) is 5.65. The van der Waals surface area contributed by atoms with Gasteiger partial charge in [0.25, 0.3) is 0 Å². The lowest BCUT2D eigenvalue weighted by Crippen LogP contribution is -2.31. The molecule has 0 saturated carbocycles. The van der Waals surface area contributed by atoms with Crippen LogP contribution < -0.4 is 0 Å². The van der Waals surface area contributed by atoms with E-state index in [-0.39, 0.29) is 24.3 Å². The van der Waals surface area contributed by atoms with E-state index in [1.165, 1.54) is 39.8 Å². The van der Waals surface area contributed by atoms with E-state index in [9.17, 15) is 29.4 Å². The lowest BCUT2D eigenvalue weighted by atomic mass is 9.96. The van der Waals surface area contributed by atoms with E-state index in [1.807, 2.05) is 0 Å². The zero-order valence-electron chi connectivity index (χ0n) is 21.7. The van der Waals surface area contributed by atoms with Gasteiger partial charge in [0.2, 0.25) is 0 Å². The molecular formula is C30H30O8. The number of hydrogen-bond acceptors (Lipinski definition) is 8. The fraction of sp³-hybridized carbons (Fsp3) is 0.267. The smallest absolute Gasteiger partial charge is 0.339 e. The van der Waals surface area contributed by atoms with Gasteiger partial charge in [-0.3, -0.25) is 9.59 Å². The van der Waals surface area contributed by atoms with E-state index in [0.717, 1.165) is 0 Å². The molecule has 0 bridgehead atoms. The van der Waals surface area contributed by atoms with Gasteiger partial charge in [-0.25, -0.2) is 9.59 Å². The van der Waals surface area contributed by atoms with Crippen molar-refractivity contribution in [2.45, 2.75) is 52.1 Å². The quantitative estimate of drug-likeness (QED) is 0.300. The molecule has 0 aromatic heterocycles. The second-order valence-electron chi connectivity index (χ2n) is 9.87. The summed E-state index contributed by atoms with van der Waals surface area (Å²) in [6.45, 7) is 5.45. The van der Waals surface area contributed by atoms with E-state index < -0.39 is 34.7 Å². The number of ether oxygens (including phenoxy) is 2. The van der Waals surface area contributed by atoms with Gasteiger partial charge in [0.15, 0.2) is 11.6 Å². The number of aliphatic hydroxyl groups is 2. The third-order valence-electron chi connectivity index (χ3n) is 5.65. The van der Waals surface area contributed by atoms with E-state index in [0.29, 0.717) is 22.3 Å². The van der Waals surface area contributed by atoms with Crippen LogP contribution >= 0.6 is 0 Å². The molecular weight excluding hydrogens is 488 g/mol. The molecule has 0 spiro atoms. The highest BCUT2D eigenvalue weighted by Crippen LogP contribution is 2.18. The van der Waals surface area contributed by atoms with Gasteiger partial charge in [-0.15, -0.1) is 0 Å². The van der Waals surface area contributed by atoms with Crippen molar-refractivity contribution in [2.24, 2.45) is 0 Å². The summed E-state index contributed by atoms with van der Waals surface area (Å²) in [5.74, 6) is -2.29. The zero-order chi connectivity index (χ0) is 28.1. The molecule has 0 aliphatic heterocycles. The highest BCUT2D eigenvalue weighted by Gasteiger charge is 2.26. The predicted molar refractivity (Wildman–Crippen MR) is 139 cm³/mol. The maximum Gasteiger partial charge on any atom is 0.339 e. The monoisotopic (exact) mass is 518 g/mol. The molecule has 0 atom stereocenters. The topological polar surface area (TPSA) is 127 Å². The molecule has 3 rings (SSSR count). The Bertz CT molecular complexity index is 1220. The molecule has 0 amide bonds. The number of carbonyl (C=O) groups excluding carboxylic acids is 4. The molecule has 38 heavy (non-hydrogen) atoms. The average Bonchev–Trinajstić information content (AvgIpc) is 2.89. The van der Waals surface area contributed by atoms with Crippen molar-refractivity contribution in [3.63, 3.8) is 0 Å². The van der Waals surface area contributed by atoms with Crippen LogP contribution in [0.3, 0.4) is 0 Å². The Morgan fingerprint density at radius 1 is 0.579 bits per heavy atom. The van der Waals surface area contributed by atoms with Crippen LogP contribution in [-0.4, -0.2) is 44.9 Å². The van der Waals surface area contributed by atoms with Gasteiger partial charge in [0.1, 0.15) is 24.4 Å². The predicted octanol–water partition coefficient (Wildman–Crippen LogP) is 4.31. The molecule has 0 unspecified atom stereocenters. The summed E-state index contributed by atoms with van der Waals surface area (Å²) in [7, 11) is 0. The first kappa shape index (κ1) is 28.4. The number of carbonyl (C=O) groups is 4. The molecule has 2 N–H and O–H groups in total. The number of benzene rings is 3. The van der Waals surface area contributed by atoms with Crippen molar-refractivity contribution in [1.29, 1.82) is 0 Å². The van der Waals surface area contributed by atoms with Crippen LogP contribution in [0.5, 0.6) is 0 Å². The van der Waals surface area contributed by atoms with Crippen molar-refractivity contribution in [2.75, 3.05) is 0 Å². The molecule has 0 aliphatic rings. The number of esters is 2. The third kappa shape index (κ3) is 7.21. The molecule has 0 fully saturated rings. The van der Waals surface area contributed by atoms with Gasteiger partial charge in [-0.1, -0.05) is 60.7 Å². The van der Waals surface area contributed by atoms with Gasteiger partial charge < -0.3 is 19.7 Å². The molecule has 0 heterocycles. The van der Waals surface area contributed by atoms with Crippen molar-refractivity contribution < 1.29 is 38.9 Å². The molecule has 0 saturated heterocycles. The second-order valence-corrected chi connectivity index (χ2v) is 9.87. The van der Waals surface area contributed by atoms with E-state index in [1.54, 1.807) is 60.7 Å². The molecule has 3 aromatic carbocycles. The lowest BCUT2D eigenvalue weighted by Gasteiger charge is -2.15. The first-order valence-corrected chi connectivity index (χ1v) is 11.9. The minimum atomic E-state index is -1.49. The number of Topliss-reactive ketones (excluding diaryl/α,β-unsaturated/α-hetero) is 2. The van der Waals surface area contributed by atoms with Gasteiger partial charge in [-0.05, 0) is 51.0 Å². The average molecular weight is 519 g/mol. The van der Waals surface area contributed by atoms with Crippen LogP contribution in [0, 0.1) is 0 Å². The first-order valence-electron chi connectivity index (χ1n) is 11.9. The maximum absolute atomic E-state index is 12.7. The van der Waals surface area contributed by atoms with E-state index in [2.05, 4.69) is 0 Å². The summed E-state index contributed by atoms with van der Waals surface area (Å²) >= 11 is 0. The van der Waals surface area contributed by atoms with Gasteiger partial charge in [0.05, 0.1) is 11.1 Å². The zero-order valence-corrected chi connectivity index (χ0v) is 21.7. The van der Waals surface area contributed by atoms with Crippen LogP contribution in [0.4, 0.5) is 0 Å². The van der Waals surface area contributed by atoms with Gasteiger partial charge in [-0.2, -0.15) is 0 Å². The molecule has 3 aromatic rings. The Hall–Kier alpha value is -4.14. The summed E-state index contributed by atoms with van der Waals surface area (Å²) in [5.41, 5.74) is -1.000. The summed E-state index contributed by atoms with van der Waals surface area (Å²) < 4.78 is 10.7. The molecule has 0 aliphatic carbocycles. The fourth-order valence-corrected chi connectivity index (χ4v) is 3.50. The summed E-state index contributed by atoms with van der Waals surface area (Å²) in [6.07, 6.45) is 0. The second kappa shape index (κ2) is 11.5. The van der Waals surface area contributed by atoms with Crippen molar-refractivity contribution in [1.82, 2.24) is 0 Å². The summed E-state index contributed by atoms with van der Waals surface area (Å²) in [4.78, 5) is 49.8. The van der Waals surface area contributed by atoms with Gasteiger partial charge >= 0.3 is 11.9 Å². The fourth-order valence-electron chi connectivity index (χ4n) is 3.50. The summed E-state index contributed by atoms with van der Waals surface area (Å²) in [6, 6.07) is 18.8. The Labute approximate surface area is 220 Å². The van der Waals surface area contributed by atoms with Gasteiger partial charge in [0, 0.05) is 11.1 Å². The molecule has 198 valence electrons. The minimum absolute atomic E-state index is 0.0393. The van der Waals surface area contributed by atoms with Crippen LogP contribution in [0.1, 0.15) is 80.3 Å². The largest absolute Gasteiger partial charge is 0.457 e. The van der Waals surface area contributed by atoms with Crippen LogP contribution in [-0.2, 0) is 22.7 Å². The molecule has 8 heteroatoms. The minimum Gasteiger partial charge on any atom is -0.457 e. The number of rotatable bonds is 10. The molecule has 0 radical (unpaired) electrons. The maximum atomic E-state index is 12.7. The van der Waals surface area contributed by atoms with Crippen molar-refractivity contribution >= 4 is 23.5 Å². The lowest BCUT2D eigenvalue weighted by molar-refractivity contribution is 0.0425. The highest BCUT2D eigenvalue weighted by atomic mass is 16.5. The van der Waals surface area contributed by atoms with Crippen molar-refractivity contribution in [3.05, 3.63) is 106 Å². The van der Waals surface area contributed by atoms with Crippen molar-refractivity contribution in [3.8, 4) is 0 Å². The molecule has 8 nitrogen and oxygen atoms in total. The number of ketones is 2. The number of hydrogen-bond donors (Lipinski definition) is 2. The summed E-state index contributed by atoms with van der Waals surface area (Å²) in [5, 5.41) is 19.7. The van der Waals surface area contributed by atoms with Crippen LogP contribution in [0.2, 0.25) is 0 Å². The van der Waals surface area contributed by atoms with E-state index >= 15 is 0 Å². The Morgan fingerprint density at radius 2 is 0.895 bits per heavy atom. The normalized spacial score (nSPS) is 11.5. The Morgan fingerprint density at radius 3 is 1.18 bits per heavy atom. The van der Waals surface area contributed by atoms with Crippen LogP contribution in [0.25, 0.3) is 0 Å². The Balaban J connectivity index is 1.62. The highest BCUT2D eigenvalue weighted by molar-refractivity contribution is 6.03.